The van der Waals surface area contributed by atoms with E-state index in [1.165, 1.54) is 71.3 Å². The molecule has 2 saturated carbocycles. The minimum atomic E-state index is -0.0208. The van der Waals surface area contributed by atoms with E-state index < -0.39 is 0 Å². The summed E-state index contributed by atoms with van der Waals surface area (Å²) in [7, 11) is 1.46. The van der Waals surface area contributed by atoms with Crippen LogP contribution >= 0.6 is 0 Å². The second kappa shape index (κ2) is 12.0. The summed E-state index contributed by atoms with van der Waals surface area (Å²) in [4.78, 5) is 10.8. The molecule has 2 rings (SSSR count). The average Bonchev–Trinajstić information content (AvgIpc) is 2.81. The van der Waals surface area contributed by atoms with Gasteiger partial charge >= 0.3 is 5.97 Å². The number of carbonyl (C=O) groups is 1. The predicted molar refractivity (Wildman–Crippen MR) is 70.9 cm³/mol. The van der Waals surface area contributed by atoms with Gasteiger partial charge in [-0.05, 0) is 12.8 Å². The van der Waals surface area contributed by atoms with Gasteiger partial charge in [-0.15, -0.1) is 0 Å². The second-order valence-corrected chi connectivity index (χ2v) is 5.33. The Bertz CT molecular complexity index is 177. The summed E-state index contributed by atoms with van der Waals surface area (Å²) < 4.78 is 4.60. The van der Waals surface area contributed by atoms with Gasteiger partial charge in [0.25, 0.3) is 0 Å². The third-order valence-corrected chi connectivity index (χ3v) is 3.89. The molecule has 0 unspecified atom stereocenters. The molecule has 0 spiro atoms. The zero-order valence-corrected chi connectivity index (χ0v) is 12.8. The maximum atomic E-state index is 10.8. The van der Waals surface area contributed by atoms with Crippen LogP contribution in [0.4, 0.5) is 0 Å². The van der Waals surface area contributed by atoms with E-state index in [4.69, 9.17) is 0 Å². The van der Waals surface area contributed by atoms with Crippen molar-refractivity contribution in [2.45, 2.75) is 77.0 Å². The molecule has 0 saturated heterocycles. The van der Waals surface area contributed by atoms with Gasteiger partial charge in [0.1, 0.15) is 0 Å². The summed E-state index contributed by atoms with van der Waals surface area (Å²) in [6.07, 6.45) is 16.5. The van der Waals surface area contributed by atoms with Crippen LogP contribution < -0.4 is 0 Å². The van der Waals surface area contributed by atoms with Gasteiger partial charge in [0.15, 0.2) is 0 Å². The summed E-state index contributed by atoms with van der Waals surface area (Å²) >= 11 is 0. The summed E-state index contributed by atoms with van der Waals surface area (Å²) in [6, 6.07) is 0. The second-order valence-electron chi connectivity index (χ2n) is 5.33. The molecule has 1 radical (unpaired) electrons. The smallest absolute Gasteiger partial charge is 0.308 e. The summed E-state index contributed by atoms with van der Waals surface area (Å²) in [5.74, 6) is 0.197. The molecular formula is C15H28CoO2. The Labute approximate surface area is 122 Å². The molecule has 2 aliphatic rings. The fourth-order valence-corrected chi connectivity index (χ4v) is 2.74. The first kappa shape index (κ1) is 18.0. The molecule has 0 N–H and O–H groups in total. The number of hydrogen-bond acceptors (Lipinski definition) is 2. The van der Waals surface area contributed by atoms with E-state index in [2.05, 4.69) is 4.74 Å². The first-order chi connectivity index (χ1) is 8.34. The summed E-state index contributed by atoms with van der Waals surface area (Å²) in [5, 5.41) is 0. The topological polar surface area (TPSA) is 26.3 Å². The predicted octanol–water partition coefficient (Wildman–Crippen LogP) is 4.47. The van der Waals surface area contributed by atoms with Crippen molar-refractivity contribution in [1.82, 2.24) is 0 Å². The van der Waals surface area contributed by atoms with E-state index in [9.17, 15) is 4.79 Å². The minimum absolute atomic E-state index is 0. The molecule has 0 aromatic heterocycles. The molecule has 0 atom stereocenters. The zero-order chi connectivity index (χ0) is 12.3. The van der Waals surface area contributed by atoms with E-state index in [1.54, 1.807) is 0 Å². The van der Waals surface area contributed by atoms with E-state index in [1.807, 2.05) is 0 Å². The molecule has 0 amide bonds. The van der Waals surface area contributed by atoms with Crippen LogP contribution in [-0.4, -0.2) is 13.1 Å². The summed E-state index contributed by atoms with van der Waals surface area (Å²) in [5.41, 5.74) is 0. The zero-order valence-electron chi connectivity index (χ0n) is 11.7. The van der Waals surface area contributed by atoms with Crippen molar-refractivity contribution in [1.29, 1.82) is 0 Å². The van der Waals surface area contributed by atoms with E-state index in [0.717, 1.165) is 12.8 Å². The Balaban J connectivity index is 0.000000306. The number of hydrogen-bond donors (Lipinski definition) is 0. The standard InChI is InChI=1S/C8H16.C7H12O2.Co/c1-2-4-6-8-7-5-3-1;1-9-7(8)6-4-2-3-5-6;/h1-8H2;6H,2-5H2,1H3;. The molecule has 0 aromatic rings. The fourth-order valence-electron chi connectivity index (χ4n) is 2.74. The number of ether oxygens (including phenoxy) is 1. The molecule has 18 heavy (non-hydrogen) atoms. The molecule has 3 heteroatoms. The van der Waals surface area contributed by atoms with Crippen LogP contribution in [0.1, 0.15) is 77.0 Å². The van der Waals surface area contributed by atoms with Crippen molar-refractivity contribution >= 4 is 5.97 Å². The van der Waals surface area contributed by atoms with Gasteiger partial charge < -0.3 is 4.74 Å². The quantitative estimate of drug-likeness (QED) is 0.668. The fraction of sp³-hybridized carbons (Fsp3) is 0.933. The molecule has 0 aromatic carbocycles. The Morgan fingerprint density at radius 2 is 1.11 bits per heavy atom. The number of esters is 1. The minimum Gasteiger partial charge on any atom is -0.469 e. The van der Waals surface area contributed by atoms with Crippen molar-refractivity contribution < 1.29 is 26.3 Å². The van der Waals surface area contributed by atoms with Crippen LogP contribution in [0.3, 0.4) is 0 Å². The Hall–Kier alpha value is -0.0235. The number of methoxy groups -OCH3 is 1. The van der Waals surface area contributed by atoms with Gasteiger partial charge in [-0.1, -0.05) is 64.2 Å². The van der Waals surface area contributed by atoms with Crippen LogP contribution in [0.25, 0.3) is 0 Å². The maximum Gasteiger partial charge on any atom is 0.308 e. The van der Waals surface area contributed by atoms with Crippen molar-refractivity contribution in [3.05, 3.63) is 0 Å². The van der Waals surface area contributed by atoms with Gasteiger partial charge in [-0.2, -0.15) is 0 Å². The van der Waals surface area contributed by atoms with Crippen molar-refractivity contribution in [2.24, 2.45) is 5.92 Å². The van der Waals surface area contributed by atoms with Crippen LogP contribution in [0, 0.1) is 5.92 Å². The van der Waals surface area contributed by atoms with E-state index in [0.29, 0.717) is 0 Å². The van der Waals surface area contributed by atoms with Gasteiger partial charge in [-0.3, -0.25) is 4.79 Å². The number of rotatable bonds is 1. The Morgan fingerprint density at radius 3 is 1.39 bits per heavy atom. The van der Waals surface area contributed by atoms with Gasteiger partial charge in [-0.25, -0.2) is 0 Å². The molecule has 2 fully saturated rings. The van der Waals surface area contributed by atoms with Crippen molar-refractivity contribution in [3.8, 4) is 0 Å². The van der Waals surface area contributed by atoms with Gasteiger partial charge in [0, 0.05) is 16.8 Å². The maximum absolute atomic E-state index is 10.8. The van der Waals surface area contributed by atoms with Crippen LogP contribution in [0.2, 0.25) is 0 Å². The SMILES string of the molecule is C1CCCCCCC1.COC(=O)C1CCCC1.[Co]. The molecule has 0 aliphatic heterocycles. The first-order valence-corrected chi connectivity index (χ1v) is 7.42. The third kappa shape index (κ3) is 8.14. The normalized spacial score (nSPS) is 20.7. The van der Waals surface area contributed by atoms with E-state index in [-0.39, 0.29) is 28.7 Å². The van der Waals surface area contributed by atoms with Crippen LogP contribution in [0.5, 0.6) is 0 Å². The third-order valence-electron chi connectivity index (χ3n) is 3.89. The largest absolute Gasteiger partial charge is 0.469 e. The van der Waals surface area contributed by atoms with E-state index >= 15 is 0 Å². The molecule has 2 nitrogen and oxygen atoms in total. The van der Waals surface area contributed by atoms with Crippen molar-refractivity contribution in [2.75, 3.05) is 7.11 Å². The van der Waals surface area contributed by atoms with Gasteiger partial charge in [0.2, 0.25) is 0 Å². The van der Waals surface area contributed by atoms with Crippen LogP contribution in [0.15, 0.2) is 0 Å². The summed E-state index contributed by atoms with van der Waals surface area (Å²) in [6.45, 7) is 0. The molecule has 2 aliphatic carbocycles. The monoisotopic (exact) mass is 299 g/mol. The molecule has 0 heterocycles. The van der Waals surface area contributed by atoms with Gasteiger partial charge in [0.05, 0.1) is 13.0 Å². The van der Waals surface area contributed by atoms with Crippen molar-refractivity contribution in [3.63, 3.8) is 0 Å². The van der Waals surface area contributed by atoms with Crippen LogP contribution in [-0.2, 0) is 26.3 Å². The molecular weight excluding hydrogens is 271 g/mol. The molecule has 0 bridgehead atoms. The number of carbonyl (C=O) groups excluding carboxylic acids is 1. The molecule has 109 valence electrons. The Kier molecular flexibility index (Phi) is 12.0. The Morgan fingerprint density at radius 1 is 0.778 bits per heavy atom. The first-order valence-electron chi connectivity index (χ1n) is 7.42. The average molecular weight is 299 g/mol.